The van der Waals surface area contributed by atoms with Crippen molar-refractivity contribution < 1.29 is 22.7 Å². The summed E-state index contributed by atoms with van der Waals surface area (Å²) in [5, 5.41) is 3.25. The Hall–Kier alpha value is -2.78. The van der Waals surface area contributed by atoms with Crippen molar-refractivity contribution in [1.29, 1.82) is 0 Å². The number of likely N-dealkylation sites (N-methyl/N-ethyl adjacent to an activating group) is 1. The maximum absolute atomic E-state index is 13.2. The molecule has 0 bridgehead atoms. The molecular formula is C25H34ClN3O5S. The molecule has 0 fully saturated rings. The van der Waals surface area contributed by atoms with Gasteiger partial charge in [-0.15, -0.1) is 0 Å². The molecule has 0 aromatic heterocycles. The molecule has 0 heterocycles. The quantitative estimate of drug-likeness (QED) is 0.430. The molecule has 0 aliphatic carbocycles. The molecule has 35 heavy (non-hydrogen) atoms. The van der Waals surface area contributed by atoms with Crippen molar-refractivity contribution in [3.63, 3.8) is 0 Å². The van der Waals surface area contributed by atoms with Crippen LogP contribution < -0.4 is 14.4 Å². The summed E-state index contributed by atoms with van der Waals surface area (Å²) in [6.45, 7) is 6.60. The first-order valence-corrected chi connectivity index (χ1v) is 13.8. The third-order valence-corrected chi connectivity index (χ3v) is 6.97. The minimum absolute atomic E-state index is 0.0667. The van der Waals surface area contributed by atoms with Gasteiger partial charge < -0.3 is 15.0 Å². The second kappa shape index (κ2) is 13.3. The molecule has 0 aliphatic heterocycles. The molecule has 1 atom stereocenters. The van der Waals surface area contributed by atoms with Gasteiger partial charge in [0.15, 0.2) is 0 Å². The Morgan fingerprint density at radius 3 is 2.31 bits per heavy atom. The molecule has 1 N–H and O–H groups in total. The molecule has 0 unspecified atom stereocenters. The fourth-order valence-corrected chi connectivity index (χ4v) is 4.75. The highest BCUT2D eigenvalue weighted by Crippen LogP contribution is 2.23. The molecule has 0 saturated carbocycles. The van der Waals surface area contributed by atoms with Crippen molar-refractivity contribution in [3.8, 4) is 5.75 Å². The number of rotatable bonds is 13. The van der Waals surface area contributed by atoms with Crippen LogP contribution in [0.1, 0.15) is 39.2 Å². The van der Waals surface area contributed by atoms with E-state index in [-0.39, 0.29) is 37.7 Å². The average molecular weight is 524 g/mol. The third kappa shape index (κ3) is 8.43. The van der Waals surface area contributed by atoms with Crippen molar-refractivity contribution in [3.05, 3.63) is 59.1 Å². The number of halogens is 1. The van der Waals surface area contributed by atoms with Crippen LogP contribution in [0.5, 0.6) is 5.75 Å². The van der Waals surface area contributed by atoms with E-state index in [0.717, 1.165) is 11.8 Å². The predicted octanol–water partition coefficient (Wildman–Crippen LogP) is 3.84. The summed E-state index contributed by atoms with van der Waals surface area (Å²) < 4.78 is 31.6. The number of amides is 2. The van der Waals surface area contributed by atoms with Crippen LogP contribution in [0.4, 0.5) is 5.69 Å². The van der Waals surface area contributed by atoms with Crippen LogP contribution in [0.25, 0.3) is 0 Å². The van der Waals surface area contributed by atoms with Crippen molar-refractivity contribution in [2.75, 3.05) is 30.3 Å². The average Bonchev–Trinajstić information content (AvgIpc) is 2.81. The van der Waals surface area contributed by atoms with E-state index in [0.29, 0.717) is 29.6 Å². The monoisotopic (exact) mass is 523 g/mol. The van der Waals surface area contributed by atoms with Crippen LogP contribution in [0.15, 0.2) is 48.5 Å². The lowest BCUT2D eigenvalue weighted by atomic mass is 10.1. The lowest BCUT2D eigenvalue weighted by molar-refractivity contribution is -0.140. The summed E-state index contributed by atoms with van der Waals surface area (Å²) in [6.07, 6.45) is 1.48. The van der Waals surface area contributed by atoms with Gasteiger partial charge in [-0.2, -0.15) is 0 Å². The number of ether oxygens (including phenoxy) is 1. The summed E-state index contributed by atoms with van der Waals surface area (Å²) in [5.41, 5.74) is 1.22. The second-order valence-electron chi connectivity index (χ2n) is 8.05. The van der Waals surface area contributed by atoms with E-state index in [4.69, 9.17) is 16.3 Å². The van der Waals surface area contributed by atoms with Crippen molar-refractivity contribution in [1.82, 2.24) is 10.2 Å². The number of benzene rings is 2. The van der Waals surface area contributed by atoms with Gasteiger partial charge in [-0.05, 0) is 63.1 Å². The number of sulfonamides is 1. The van der Waals surface area contributed by atoms with Crippen molar-refractivity contribution in [2.45, 2.75) is 46.2 Å². The van der Waals surface area contributed by atoms with Gasteiger partial charge in [0.05, 0.1) is 18.6 Å². The number of hydrogen-bond acceptors (Lipinski definition) is 5. The maximum Gasteiger partial charge on any atom is 0.242 e. The van der Waals surface area contributed by atoms with Crippen molar-refractivity contribution in [2.24, 2.45) is 0 Å². The smallest absolute Gasteiger partial charge is 0.242 e. The first kappa shape index (κ1) is 28.5. The van der Waals surface area contributed by atoms with Crippen molar-refractivity contribution >= 4 is 39.1 Å². The highest BCUT2D eigenvalue weighted by atomic mass is 35.5. The minimum Gasteiger partial charge on any atom is -0.494 e. The van der Waals surface area contributed by atoms with E-state index in [1.807, 2.05) is 26.0 Å². The fraction of sp³-hybridized carbons (Fsp3) is 0.440. The standard InChI is InChI=1S/C25H34ClN3O5S/c1-5-27-25(31)19(3)28(18-20-10-7-8-11-23(20)26)24(30)12-9-17-29(35(4,32)33)21-13-15-22(16-14-21)34-6-2/h7-8,10-11,13-16,19H,5-6,9,12,17-18H2,1-4H3,(H,27,31)/t19-/m1/s1. The zero-order valence-electron chi connectivity index (χ0n) is 20.7. The van der Waals surface area contributed by atoms with Crippen LogP contribution in [-0.2, 0) is 26.2 Å². The summed E-state index contributed by atoms with van der Waals surface area (Å²) in [7, 11) is -3.57. The molecule has 2 aromatic rings. The highest BCUT2D eigenvalue weighted by molar-refractivity contribution is 7.92. The van der Waals surface area contributed by atoms with Gasteiger partial charge in [-0.3, -0.25) is 13.9 Å². The van der Waals surface area contributed by atoms with Gasteiger partial charge in [0.25, 0.3) is 0 Å². The molecule has 2 amide bonds. The Balaban J connectivity index is 2.15. The molecular weight excluding hydrogens is 490 g/mol. The summed E-state index contributed by atoms with van der Waals surface area (Å²) in [6, 6.07) is 13.2. The summed E-state index contributed by atoms with van der Waals surface area (Å²) in [4.78, 5) is 27.2. The maximum atomic E-state index is 13.2. The number of nitrogens with one attached hydrogen (secondary N) is 1. The third-order valence-electron chi connectivity index (χ3n) is 5.40. The number of nitrogens with zero attached hydrogens (tertiary/aromatic N) is 2. The Morgan fingerprint density at radius 1 is 1.09 bits per heavy atom. The van der Waals surface area contributed by atoms with Crippen LogP contribution in [-0.4, -0.2) is 57.1 Å². The molecule has 2 rings (SSSR count). The van der Waals surface area contributed by atoms with E-state index in [1.165, 1.54) is 9.21 Å². The van der Waals surface area contributed by atoms with Crippen LogP contribution >= 0.6 is 11.6 Å². The highest BCUT2D eigenvalue weighted by Gasteiger charge is 2.27. The lowest BCUT2D eigenvalue weighted by Gasteiger charge is -2.29. The van der Waals surface area contributed by atoms with Crippen LogP contribution in [0.2, 0.25) is 5.02 Å². The first-order valence-electron chi connectivity index (χ1n) is 11.6. The molecule has 2 aromatic carbocycles. The second-order valence-corrected chi connectivity index (χ2v) is 10.4. The Bertz CT molecular complexity index is 1090. The van der Waals surface area contributed by atoms with E-state index in [9.17, 15) is 18.0 Å². The molecule has 0 spiro atoms. The zero-order valence-corrected chi connectivity index (χ0v) is 22.2. The van der Waals surface area contributed by atoms with Gasteiger partial charge in [-0.25, -0.2) is 8.42 Å². The Labute approximate surface area is 213 Å². The zero-order chi connectivity index (χ0) is 26.0. The number of carbonyl (C=O) groups excluding carboxylic acids is 2. The molecule has 0 radical (unpaired) electrons. The largest absolute Gasteiger partial charge is 0.494 e. The van der Waals surface area contributed by atoms with Gasteiger partial charge in [0.1, 0.15) is 11.8 Å². The minimum atomic E-state index is -3.57. The number of hydrogen-bond donors (Lipinski definition) is 1. The van der Waals surface area contributed by atoms with Crippen LogP contribution in [0.3, 0.4) is 0 Å². The van der Waals surface area contributed by atoms with Gasteiger partial charge in [0, 0.05) is 31.1 Å². The van der Waals surface area contributed by atoms with Gasteiger partial charge >= 0.3 is 0 Å². The Morgan fingerprint density at radius 2 is 1.74 bits per heavy atom. The SMILES string of the molecule is CCNC(=O)[C@@H](C)N(Cc1ccccc1Cl)C(=O)CCCN(c1ccc(OCC)cc1)S(C)(=O)=O. The molecule has 192 valence electrons. The normalized spacial score (nSPS) is 12.0. The molecule has 10 heteroatoms. The lowest BCUT2D eigenvalue weighted by Crippen LogP contribution is -2.47. The number of anilines is 1. The first-order chi connectivity index (χ1) is 16.6. The van der Waals surface area contributed by atoms with Crippen LogP contribution in [0, 0.1) is 0 Å². The predicted molar refractivity (Wildman–Crippen MR) is 139 cm³/mol. The molecule has 0 saturated heterocycles. The summed E-state index contributed by atoms with van der Waals surface area (Å²) >= 11 is 6.29. The molecule has 8 nitrogen and oxygen atoms in total. The molecule has 0 aliphatic rings. The van der Waals surface area contributed by atoms with E-state index in [2.05, 4.69) is 5.32 Å². The van der Waals surface area contributed by atoms with E-state index in [1.54, 1.807) is 43.3 Å². The summed E-state index contributed by atoms with van der Waals surface area (Å²) in [5.74, 6) is 0.123. The van der Waals surface area contributed by atoms with Gasteiger partial charge in [-0.1, -0.05) is 29.8 Å². The van der Waals surface area contributed by atoms with Gasteiger partial charge in [0.2, 0.25) is 21.8 Å². The van der Waals surface area contributed by atoms with E-state index < -0.39 is 16.1 Å². The topological polar surface area (TPSA) is 96.0 Å². The fourth-order valence-electron chi connectivity index (χ4n) is 3.59. The van der Waals surface area contributed by atoms with E-state index >= 15 is 0 Å². The Kier molecular flexibility index (Phi) is 10.9. The number of carbonyl (C=O) groups is 2.